The summed E-state index contributed by atoms with van der Waals surface area (Å²) in [7, 11) is 1.98. The van der Waals surface area contributed by atoms with Crippen molar-refractivity contribution in [2.45, 2.75) is 77.7 Å². The van der Waals surface area contributed by atoms with Gasteiger partial charge in [0.05, 0.1) is 17.3 Å². The molecule has 0 aromatic heterocycles. The first kappa shape index (κ1) is 20.3. The van der Waals surface area contributed by atoms with E-state index in [4.69, 9.17) is 16.3 Å². The van der Waals surface area contributed by atoms with Crippen molar-refractivity contribution in [3.05, 3.63) is 23.0 Å². The quantitative estimate of drug-likeness (QED) is 0.516. The maximum Gasteiger partial charge on any atom is 0.150 e. The summed E-state index contributed by atoms with van der Waals surface area (Å²) >= 11 is 6.51. The molecule has 3 saturated carbocycles. The summed E-state index contributed by atoms with van der Waals surface area (Å²) in [6, 6.07) is 3.67. The summed E-state index contributed by atoms with van der Waals surface area (Å²) in [5, 5.41) is 0.523. The van der Waals surface area contributed by atoms with Gasteiger partial charge < -0.3 is 9.64 Å². The van der Waals surface area contributed by atoms with Crippen molar-refractivity contribution in [2.24, 2.45) is 23.2 Å². The summed E-state index contributed by atoms with van der Waals surface area (Å²) < 4.78 is 21.0. The zero-order chi connectivity index (χ0) is 19.9. The van der Waals surface area contributed by atoms with E-state index in [9.17, 15) is 4.39 Å². The molecule has 0 N–H and O–H groups in total. The molecule has 0 amide bonds. The van der Waals surface area contributed by atoms with E-state index in [1.54, 1.807) is 6.07 Å². The Kier molecular flexibility index (Phi) is 5.84. The second kappa shape index (κ2) is 8.05. The van der Waals surface area contributed by atoms with Crippen molar-refractivity contribution in [1.29, 1.82) is 0 Å². The molecule has 156 valence electrons. The Balaban J connectivity index is 1.43. The summed E-state index contributed by atoms with van der Waals surface area (Å²) in [6.07, 6.45) is 11.2. The second-order valence-corrected chi connectivity index (χ2v) is 10.7. The predicted octanol–water partition coefficient (Wildman–Crippen LogP) is 7.09. The Morgan fingerprint density at radius 3 is 2.43 bits per heavy atom. The van der Waals surface area contributed by atoms with Gasteiger partial charge in [0, 0.05) is 24.6 Å². The van der Waals surface area contributed by atoms with Crippen molar-refractivity contribution < 1.29 is 9.13 Å². The van der Waals surface area contributed by atoms with Gasteiger partial charge in [0.25, 0.3) is 0 Å². The SMILES string of the molecule is CC1C[C@@H]2C[C@H](C1)CC(C)(COc1cc(F)c(N(C)C3CCCC3)cc1Cl)C2. The third kappa shape index (κ3) is 4.30. The van der Waals surface area contributed by atoms with Crippen LogP contribution < -0.4 is 9.64 Å². The van der Waals surface area contributed by atoms with Crippen LogP contribution in [-0.2, 0) is 0 Å². The standard InChI is InChI=1S/C24H35ClFNO/c1-16-8-17-10-18(9-16)14-24(2,13-17)15-28-23-12-21(26)22(11-20(23)25)27(3)19-6-4-5-7-19/h11-12,16-19H,4-10,13-15H2,1-3H3/t16?,17-,18+,24?. The molecule has 3 fully saturated rings. The lowest BCUT2D eigenvalue weighted by atomic mass is 9.60. The van der Waals surface area contributed by atoms with E-state index >= 15 is 0 Å². The van der Waals surface area contributed by atoms with Gasteiger partial charge in [-0.1, -0.05) is 38.3 Å². The zero-order valence-corrected chi connectivity index (χ0v) is 18.4. The lowest BCUT2D eigenvalue weighted by molar-refractivity contribution is 0.0146. The number of anilines is 1. The molecule has 0 aliphatic heterocycles. The van der Waals surface area contributed by atoms with Crippen LogP contribution in [0.25, 0.3) is 0 Å². The molecule has 1 aromatic rings. The minimum atomic E-state index is -0.228. The number of benzene rings is 1. The van der Waals surface area contributed by atoms with Crippen molar-refractivity contribution in [1.82, 2.24) is 0 Å². The summed E-state index contributed by atoms with van der Waals surface area (Å²) in [5.41, 5.74) is 0.768. The summed E-state index contributed by atoms with van der Waals surface area (Å²) in [5.74, 6) is 2.78. The molecule has 1 aromatic carbocycles. The average molecular weight is 408 g/mol. The number of hydrogen-bond donors (Lipinski definition) is 0. The van der Waals surface area contributed by atoms with E-state index in [2.05, 4.69) is 18.7 Å². The molecular formula is C24H35ClFNO. The Morgan fingerprint density at radius 1 is 1.14 bits per heavy atom. The number of rotatable bonds is 5. The molecule has 2 bridgehead atoms. The molecule has 4 rings (SSSR count). The van der Waals surface area contributed by atoms with E-state index in [0.717, 1.165) is 30.6 Å². The molecule has 4 atom stereocenters. The van der Waals surface area contributed by atoms with E-state index in [-0.39, 0.29) is 11.2 Å². The number of fused-ring (bicyclic) bond motifs is 2. The monoisotopic (exact) mass is 407 g/mol. The number of nitrogens with zero attached hydrogens (tertiary/aromatic N) is 1. The lowest BCUT2D eigenvalue weighted by Crippen LogP contribution is -2.39. The topological polar surface area (TPSA) is 12.5 Å². The van der Waals surface area contributed by atoms with Crippen molar-refractivity contribution >= 4 is 17.3 Å². The first-order valence-corrected chi connectivity index (χ1v) is 11.6. The van der Waals surface area contributed by atoms with Crippen LogP contribution in [0.1, 0.15) is 71.6 Å². The lowest BCUT2D eigenvalue weighted by Gasteiger charge is -2.47. The van der Waals surface area contributed by atoms with Gasteiger partial charge in [-0.05, 0) is 68.8 Å². The molecule has 0 radical (unpaired) electrons. The fourth-order valence-corrected chi connectivity index (χ4v) is 6.68. The first-order valence-electron chi connectivity index (χ1n) is 11.2. The highest BCUT2D eigenvalue weighted by molar-refractivity contribution is 6.32. The molecule has 28 heavy (non-hydrogen) atoms. The average Bonchev–Trinajstić information content (AvgIpc) is 3.15. The van der Waals surface area contributed by atoms with Crippen LogP contribution in [0.3, 0.4) is 0 Å². The minimum absolute atomic E-state index is 0.173. The van der Waals surface area contributed by atoms with Crippen LogP contribution in [0, 0.1) is 29.0 Å². The summed E-state index contributed by atoms with van der Waals surface area (Å²) in [4.78, 5) is 2.06. The number of hydrogen-bond acceptors (Lipinski definition) is 2. The Bertz CT molecular complexity index is 684. The summed E-state index contributed by atoms with van der Waals surface area (Å²) in [6.45, 7) is 5.37. The third-order valence-corrected chi connectivity index (χ3v) is 7.83. The fourth-order valence-electron chi connectivity index (χ4n) is 6.47. The van der Waals surface area contributed by atoms with Crippen LogP contribution >= 0.6 is 11.6 Å². The Labute approximate surface area is 174 Å². The van der Waals surface area contributed by atoms with E-state index in [1.807, 2.05) is 7.05 Å². The fraction of sp³-hybridized carbons (Fsp3) is 0.750. The Morgan fingerprint density at radius 2 is 1.79 bits per heavy atom. The van der Waals surface area contributed by atoms with Crippen LogP contribution in [0.5, 0.6) is 5.75 Å². The normalized spacial score (nSPS) is 33.1. The molecule has 0 spiro atoms. The maximum atomic E-state index is 14.8. The van der Waals surface area contributed by atoms with Crippen molar-refractivity contribution in [2.75, 3.05) is 18.6 Å². The highest BCUT2D eigenvalue weighted by Crippen LogP contribution is 2.50. The van der Waals surface area contributed by atoms with E-state index in [0.29, 0.717) is 29.1 Å². The van der Waals surface area contributed by atoms with Gasteiger partial charge in [-0.3, -0.25) is 0 Å². The molecule has 2 unspecified atom stereocenters. The molecular weight excluding hydrogens is 373 g/mol. The molecule has 3 aliphatic carbocycles. The largest absolute Gasteiger partial charge is 0.491 e. The van der Waals surface area contributed by atoms with E-state index in [1.165, 1.54) is 51.0 Å². The first-order chi connectivity index (χ1) is 13.3. The minimum Gasteiger partial charge on any atom is -0.491 e. The van der Waals surface area contributed by atoms with Gasteiger partial charge in [0.1, 0.15) is 11.6 Å². The van der Waals surface area contributed by atoms with Crippen LogP contribution in [0.4, 0.5) is 10.1 Å². The third-order valence-electron chi connectivity index (χ3n) is 7.53. The van der Waals surface area contributed by atoms with E-state index < -0.39 is 0 Å². The molecule has 3 aliphatic rings. The number of halogens is 2. The smallest absolute Gasteiger partial charge is 0.150 e. The van der Waals surface area contributed by atoms with Gasteiger partial charge in [0.2, 0.25) is 0 Å². The predicted molar refractivity (Wildman–Crippen MR) is 115 cm³/mol. The Hall–Kier alpha value is -0.960. The molecule has 0 saturated heterocycles. The van der Waals surface area contributed by atoms with Gasteiger partial charge in [0.15, 0.2) is 0 Å². The number of ether oxygens (including phenoxy) is 1. The van der Waals surface area contributed by atoms with Crippen molar-refractivity contribution in [3.8, 4) is 5.75 Å². The molecule has 0 heterocycles. The zero-order valence-electron chi connectivity index (χ0n) is 17.6. The highest BCUT2D eigenvalue weighted by Gasteiger charge is 2.41. The second-order valence-electron chi connectivity index (χ2n) is 10.3. The van der Waals surface area contributed by atoms with Gasteiger partial charge >= 0.3 is 0 Å². The van der Waals surface area contributed by atoms with Gasteiger partial charge in [-0.2, -0.15) is 0 Å². The maximum absolute atomic E-state index is 14.8. The van der Waals surface area contributed by atoms with Gasteiger partial charge in [-0.15, -0.1) is 0 Å². The van der Waals surface area contributed by atoms with Gasteiger partial charge in [-0.25, -0.2) is 4.39 Å². The molecule has 4 heteroatoms. The van der Waals surface area contributed by atoms with Crippen molar-refractivity contribution in [3.63, 3.8) is 0 Å². The van der Waals surface area contributed by atoms with Crippen LogP contribution in [0.15, 0.2) is 12.1 Å². The highest BCUT2D eigenvalue weighted by atomic mass is 35.5. The van der Waals surface area contributed by atoms with Crippen LogP contribution in [0.2, 0.25) is 5.02 Å². The van der Waals surface area contributed by atoms with Crippen LogP contribution in [-0.4, -0.2) is 19.7 Å². The molecule has 2 nitrogen and oxygen atoms in total.